The number of rotatable bonds is 5. The molecule has 1 saturated heterocycles. The third-order valence-electron chi connectivity index (χ3n) is 3.72. The van der Waals surface area contributed by atoms with Gasteiger partial charge < -0.3 is 10.2 Å². The second kappa shape index (κ2) is 6.06. The highest BCUT2D eigenvalue weighted by molar-refractivity contribution is 7.22. The molecule has 0 aliphatic carbocycles. The molecule has 1 aromatic heterocycles. The van der Waals surface area contributed by atoms with E-state index in [-0.39, 0.29) is 5.82 Å². The number of hydrogen-bond acceptors (Lipinski definition) is 4. The number of fused-ring (bicyclic) bond motifs is 1. The molecule has 108 valence electrons. The van der Waals surface area contributed by atoms with E-state index in [4.69, 9.17) is 0 Å². The molecular weight excluding hydrogens is 273 g/mol. The molecule has 3 nitrogen and oxygen atoms in total. The number of likely N-dealkylation sites (tertiary alicyclic amines) is 1. The first-order valence-corrected chi connectivity index (χ1v) is 8.05. The van der Waals surface area contributed by atoms with Gasteiger partial charge in [0.15, 0.2) is 5.13 Å². The predicted molar refractivity (Wildman–Crippen MR) is 82.9 cm³/mol. The quantitative estimate of drug-likeness (QED) is 0.913. The van der Waals surface area contributed by atoms with Crippen LogP contribution >= 0.6 is 11.3 Å². The largest absolute Gasteiger partial charge is 0.361 e. The number of halogens is 1. The number of aromatic nitrogens is 1. The Balaban J connectivity index is 1.56. The van der Waals surface area contributed by atoms with Gasteiger partial charge in [-0.05, 0) is 44.0 Å². The smallest absolute Gasteiger partial charge is 0.183 e. The molecule has 1 atom stereocenters. The van der Waals surface area contributed by atoms with Crippen molar-refractivity contribution in [1.82, 2.24) is 9.88 Å². The van der Waals surface area contributed by atoms with Crippen LogP contribution in [-0.2, 0) is 0 Å². The Morgan fingerprint density at radius 2 is 2.20 bits per heavy atom. The summed E-state index contributed by atoms with van der Waals surface area (Å²) in [6.07, 6.45) is 2.67. The van der Waals surface area contributed by atoms with Crippen LogP contribution in [0.1, 0.15) is 19.8 Å². The maximum atomic E-state index is 13.1. The molecule has 5 heteroatoms. The van der Waals surface area contributed by atoms with Crippen molar-refractivity contribution in [2.45, 2.75) is 19.8 Å². The normalized spacial score (nSPS) is 17.7. The Labute approximate surface area is 122 Å². The zero-order valence-electron chi connectivity index (χ0n) is 11.7. The van der Waals surface area contributed by atoms with Crippen LogP contribution in [0, 0.1) is 11.7 Å². The SMILES string of the molecule is CC(CNc1nc2cc(F)ccc2s1)CN1CCCC1. The third-order valence-corrected chi connectivity index (χ3v) is 4.71. The van der Waals surface area contributed by atoms with Gasteiger partial charge in [0.25, 0.3) is 0 Å². The summed E-state index contributed by atoms with van der Waals surface area (Å²) < 4.78 is 14.2. The molecular formula is C15H20FN3S. The summed E-state index contributed by atoms with van der Waals surface area (Å²) in [6.45, 7) is 6.80. The monoisotopic (exact) mass is 293 g/mol. The highest BCUT2D eigenvalue weighted by Crippen LogP contribution is 2.26. The van der Waals surface area contributed by atoms with Gasteiger partial charge in [-0.3, -0.25) is 0 Å². The number of nitrogens with one attached hydrogen (secondary N) is 1. The van der Waals surface area contributed by atoms with Crippen LogP contribution in [0.2, 0.25) is 0 Å². The second-order valence-electron chi connectivity index (χ2n) is 5.62. The van der Waals surface area contributed by atoms with E-state index in [0.717, 1.165) is 28.4 Å². The van der Waals surface area contributed by atoms with E-state index in [1.54, 1.807) is 17.4 Å². The number of hydrogen-bond donors (Lipinski definition) is 1. The summed E-state index contributed by atoms with van der Waals surface area (Å²) >= 11 is 1.59. The van der Waals surface area contributed by atoms with Gasteiger partial charge >= 0.3 is 0 Å². The van der Waals surface area contributed by atoms with E-state index in [2.05, 4.69) is 22.1 Å². The first-order valence-electron chi connectivity index (χ1n) is 7.23. The van der Waals surface area contributed by atoms with Crippen molar-refractivity contribution in [3.05, 3.63) is 24.0 Å². The molecule has 1 aromatic carbocycles. The van der Waals surface area contributed by atoms with Crippen molar-refractivity contribution in [2.24, 2.45) is 5.92 Å². The topological polar surface area (TPSA) is 28.2 Å². The van der Waals surface area contributed by atoms with Crippen LogP contribution in [0.5, 0.6) is 0 Å². The van der Waals surface area contributed by atoms with Crippen LogP contribution in [0.15, 0.2) is 18.2 Å². The molecule has 3 rings (SSSR count). The standard InChI is InChI=1S/C15H20FN3S/c1-11(10-19-6-2-3-7-19)9-17-15-18-13-8-12(16)4-5-14(13)20-15/h4-5,8,11H,2-3,6-7,9-10H2,1H3,(H,17,18). The fraction of sp³-hybridized carbons (Fsp3) is 0.533. The van der Waals surface area contributed by atoms with Crippen molar-refractivity contribution in [2.75, 3.05) is 31.5 Å². The molecule has 1 unspecified atom stereocenters. The van der Waals surface area contributed by atoms with E-state index in [1.807, 2.05) is 0 Å². The lowest BCUT2D eigenvalue weighted by atomic mass is 10.2. The average Bonchev–Trinajstić information content (AvgIpc) is 3.04. The van der Waals surface area contributed by atoms with E-state index in [1.165, 1.54) is 38.1 Å². The lowest BCUT2D eigenvalue weighted by Crippen LogP contribution is -2.28. The van der Waals surface area contributed by atoms with Gasteiger partial charge in [0.1, 0.15) is 5.82 Å². The molecule has 1 fully saturated rings. The van der Waals surface area contributed by atoms with Gasteiger partial charge in [-0.25, -0.2) is 9.37 Å². The highest BCUT2D eigenvalue weighted by Gasteiger charge is 2.14. The van der Waals surface area contributed by atoms with Crippen molar-refractivity contribution >= 4 is 26.7 Å². The molecule has 2 heterocycles. The Hall–Kier alpha value is -1.20. The van der Waals surface area contributed by atoms with Crippen molar-refractivity contribution in [3.63, 3.8) is 0 Å². The maximum Gasteiger partial charge on any atom is 0.183 e. The predicted octanol–water partition coefficient (Wildman–Crippen LogP) is 3.58. The Bertz CT molecular complexity index is 578. The summed E-state index contributed by atoms with van der Waals surface area (Å²) in [5.74, 6) is 0.369. The van der Waals surface area contributed by atoms with E-state index >= 15 is 0 Å². The minimum Gasteiger partial charge on any atom is -0.361 e. The summed E-state index contributed by atoms with van der Waals surface area (Å²) in [5, 5.41) is 4.27. The summed E-state index contributed by atoms with van der Waals surface area (Å²) in [4.78, 5) is 6.96. The second-order valence-corrected chi connectivity index (χ2v) is 6.66. The molecule has 0 saturated carbocycles. The first kappa shape index (κ1) is 13.8. The van der Waals surface area contributed by atoms with Gasteiger partial charge in [-0.15, -0.1) is 0 Å². The third kappa shape index (κ3) is 3.27. The molecule has 1 aliphatic rings. The van der Waals surface area contributed by atoms with Crippen LogP contribution in [0.4, 0.5) is 9.52 Å². The van der Waals surface area contributed by atoms with Crippen molar-refractivity contribution in [1.29, 1.82) is 0 Å². The minimum atomic E-state index is -0.225. The van der Waals surface area contributed by atoms with E-state index in [0.29, 0.717) is 5.92 Å². The lowest BCUT2D eigenvalue weighted by Gasteiger charge is -2.20. The van der Waals surface area contributed by atoms with Crippen molar-refractivity contribution < 1.29 is 4.39 Å². The fourth-order valence-corrected chi connectivity index (χ4v) is 3.56. The van der Waals surface area contributed by atoms with E-state index < -0.39 is 0 Å². The molecule has 20 heavy (non-hydrogen) atoms. The molecule has 1 aliphatic heterocycles. The average molecular weight is 293 g/mol. The fourth-order valence-electron chi connectivity index (χ4n) is 2.71. The molecule has 1 N–H and O–H groups in total. The molecule has 0 spiro atoms. The summed E-state index contributed by atoms with van der Waals surface area (Å²) in [5.41, 5.74) is 0.740. The minimum absolute atomic E-state index is 0.225. The summed E-state index contributed by atoms with van der Waals surface area (Å²) in [6, 6.07) is 4.77. The molecule has 0 radical (unpaired) electrons. The number of thiazole rings is 1. The van der Waals surface area contributed by atoms with Crippen LogP contribution < -0.4 is 5.32 Å². The zero-order valence-corrected chi connectivity index (χ0v) is 12.5. The zero-order chi connectivity index (χ0) is 13.9. The molecule has 0 amide bonds. The Morgan fingerprint density at radius 3 is 3.00 bits per heavy atom. The Morgan fingerprint density at radius 1 is 1.40 bits per heavy atom. The summed E-state index contributed by atoms with van der Waals surface area (Å²) in [7, 11) is 0. The van der Waals surface area contributed by atoms with Crippen LogP contribution in [0.3, 0.4) is 0 Å². The van der Waals surface area contributed by atoms with Crippen LogP contribution in [-0.4, -0.2) is 36.1 Å². The van der Waals surface area contributed by atoms with Crippen LogP contribution in [0.25, 0.3) is 10.2 Å². The van der Waals surface area contributed by atoms with Gasteiger partial charge in [-0.2, -0.15) is 0 Å². The number of benzene rings is 1. The first-order chi connectivity index (χ1) is 9.70. The van der Waals surface area contributed by atoms with Gasteiger partial charge in [0.2, 0.25) is 0 Å². The van der Waals surface area contributed by atoms with Crippen molar-refractivity contribution in [3.8, 4) is 0 Å². The highest BCUT2D eigenvalue weighted by atomic mass is 32.1. The molecule has 0 bridgehead atoms. The maximum absolute atomic E-state index is 13.1. The number of nitrogens with zero attached hydrogens (tertiary/aromatic N) is 2. The van der Waals surface area contributed by atoms with E-state index in [9.17, 15) is 4.39 Å². The number of anilines is 1. The molecule has 2 aromatic rings. The van der Waals surface area contributed by atoms with Gasteiger partial charge in [0, 0.05) is 19.2 Å². The lowest BCUT2D eigenvalue weighted by molar-refractivity contribution is 0.294. The van der Waals surface area contributed by atoms with Gasteiger partial charge in [0.05, 0.1) is 10.2 Å². The van der Waals surface area contributed by atoms with Gasteiger partial charge in [-0.1, -0.05) is 18.3 Å². The Kier molecular flexibility index (Phi) is 4.17.